The fourth-order valence-corrected chi connectivity index (χ4v) is 4.17. The highest BCUT2D eigenvalue weighted by Crippen LogP contribution is 2.18. The van der Waals surface area contributed by atoms with Crippen LogP contribution in [0.15, 0.2) is 10.4 Å². The van der Waals surface area contributed by atoms with Crippen LogP contribution in [0.3, 0.4) is 0 Å². The lowest BCUT2D eigenvalue weighted by atomic mass is 10.0. The molecular formula is C19H36IN5S. The highest BCUT2D eigenvalue weighted by Gasteiger charge is 2.22. The second kappa shape index (κ2) is 12.1. The van der Waals surface area contributed by atoms with E-state index in [1.165, 1.54) is 38.0 Å². The van der Waals surface area contributed by atoms with Crippen molar-refractivity contribution in [3.8, 4) is 0 Å². The fourth-order valence-electron chi connectivity index (χ4n) is 3.28. The van der Waals surface area contributed by atoms with Crippen LogP contribution in [0.25, 0.3) is 0 Å². The van der Waals surface area contributed by atoms with Gasteiger partial charge >= 0.3 is 0 Å². The van der Waals surface area contributed by atoms with Crippen molar-refractivity contribution in [1.29, 1.82) is 0 Å². The lowest BCUT2D eigenvalue weighted by molar-refractivity contribution is 0.213. The van der Waals surface area contributed by atoms with E-state index in [1.807, 2.05) is 7.05 Å². The molecule has 26 heavy (non-hydrogen) atoms. The van der Waals surface area contributed by atoms with Gasteiger partial charge in [0.05, 0.1) is 12.2 Å². The van der Waals surface area contributed by atoms with E-state index in [2.05, 4.69) is 58.6 Å². The minimum Gasteiger partial charge on any atom is -0.355 e. The summed E-state index contributed by atoms with van der Waals surface area (Å²) in [6, 6.07) is 0.591. The average Bonchev–Trinajstić information content (AvgIpc) is 3.25. The van der Waals surface area contributed by atoms with Crippen LogP contribution in [0.1, 0.15) is 63.6 Å². The Morgan fingerprint density at radius 1 is 1.23 bits per heavy atom. The maximum atomic E-state index is 4.68. The minimum atomic E-state index is 0. The number of thiazole rings is 1. The predicted octanol–water partition coefficient (Wildman–Crippen LogP) is 4.06. The number of aromatic nitrogens is 1. The van der Waals surface area contributed by atoms with Gasteiger partial charge in [-0.25, -0.2) is 4.98 Å². The average molecular weight is 494 g/mol. The molecule has 1 saturated heterocycles. The molecule has 5 nitrogen and oxygen atoms in total. The summed E-state index contributed by atoms with van der Waals surface area (Å²) in [5.41, 5.74) is 1.18. The predicted molar refractivity (Wildman–Crippen MR) is 124 cm³/mol. The van der Waals surface area contributed by atoms with E-state index in [0.29, 0.717) is 17.9 Å². The lowest BCUT2D eigenvalue weighted by Crippen LogP contribution is -2.46. The van der Waals surface area contributed by atoms with Gasteiger partial charge in [0.15, 0.2) is 5.96 Å². The lowest BCUT2D eigenvalue weighted by Gasteiger charge is -2.29. The third-order valence-corrected chi connectivity index (χ3v) is 5.56. The van der Waals surface area contributed by atoms with E-state index in [-0.39, 0.29) is 24.0 Å². The molecule has 1 aromatic heterocycles. The summed E-state index contributed by atoms with van der Waals surface area (Å²) in [6.07, 6.45) is 3.90. The molecule has 1 aromatic rings. The van der Waals surface area contributed by atoms with Crippen LogP contribution in [-0.2, 0) is 6.54 Å². The van der Waals surface area contributed by atoms with Crippen molar-refractivity contribution in [2.45, 2.75) is 65.5 Å². The number of guanidine groups is 1. The van der Waals surface area contributed by atoms with Crippen molar-refractivity contribution >= 4 is 41.3 Å². The molecule has 0 amide bonds. The first-order chi connectivity index (χ1) is 12.0. The second-order valence-electron chi connectivity index (χ2n) is 7.65. The molecule has 2 rings (SSSR count). The van der Waals surface area contributed by atoms with E-state index in [0.717, 1.165) is 24.1 Å². The van der Waals surface area contributed by atoms with Crippen molar-refractivity contribution in [1.82, 2.24) is 20.5 Å². The normalized spacial score (nSPS) is 16.8. The number of hydrogen-bond acceptors (Lipinski definition) is 4. The quantitative estimate of drug-likeness (QED) is 0.326. The van der Waals surface area contributed by atoms with Gasteiger partial charge < -0.3 is 10.6 Å². The monoisotopic (exact) mass is 493 g/mol. The molecule has 7 heteroatoms. The van der Waals surface area contributed by atoms with Gasteiger partial charge in [0, 0.05) is 25.0 Å². The van der Waals surface area contributed by atoms with Gasteiger partial charge in [-0.3, -0.25) is 9.89 Å². The third-order valence-electron chi connectivity index (χ3n) is 4.70. The number of aliphatic imine (C=N–C) groups is 1. The Bertz CT molecular complexity index is 538. The molecule has 1 fully saturated rings. The van der Waals surface area contributed by atoms with Gasteiger partial charge in [-0.2, -0.15) is 0 Å². The van der Waals surface area contributed by atoms with Crippen LogP contribution in [0, 0.1) is 5.92 Å². The number of nitrogens with one attached hydrogen (secondary N) is 2. The number of rotatable bonds is 8. The summed E-state index contributed by atoms with van der Waals surface area (Å²) in [5.74, 6) is 2.07. The number of nitrogens with zero attached hydrogens (tertiary/aromatic N) is 3. The van der Waals surface area contributed by atoms with Crippen LogP contribution in [-0.4, -0.2) is 48.6 Å². The fraction of sp³-hybridized carbons (Fsp3) is 0.789. The maximum absolute atomic E-state index is 4.68. The first kappa shape index (κ1) is 23.6. The van der Waals surface area contributed by atoms with Crippen molar-refractivity contribution < 1.29 is 0 Å². The zero-order chi connectivity index (χ0) is 18.2. The van der Waals surface area contributed by atoms with Crippen LogP contribution < -0.4 is 10.6 Å². The van der Waals surface area contributed by atoms with Gasteiger partial charge in [-0.05, 0) is 44.2 Å². The number of hydrogen-bond donors (Lipinski definition) is 2. The molecule has 1 unspecified atom stereocenters. The molecule has 150 valence electrons. The highest BCUT2D eigenvalue weighted by molar-refractivity contribution is 14.0. The summed E-state index contributed by atoms with van der Waals surface area (Å²) in [4.78, 5) is 11.7. The van der Waals surface area contributed by atoms with E-state index in [4.69, 9.17) is 0 Å². The maximum Gasteiger partial charge on any atom is 0.191 e. The van der Waals surface area contributed by atoms with Gasteiger partial charge in [0.1, 0.15) is 5.01 Å². The summed E-state index contributed by atoms with van der Waals surface area (Å²) >= 11 is 1.72. The van der Waals surface area contributed by atoms with Crippen LogP contribution >= 0.6 is 35.3 Å². The Balaban J connectivity index is 0.00000338. The highest BCUT2D eigenvalue weighted by atomic mass is 127. The van der Waals surface area contributed by atoms with Crippen molar-refractivity contribution in [2.24, 2.45) is 10.9 Å². The molecule has 0 saturated carbocycles. The first-order valence-corrected chi connectivity index (χ1v) is 10.5. The SMILES string of the molecule is CN=C(NCc1nc(C(C)C)cs1)NCC(CC(C)C)N1CCCC1.I. The Morgan fingerprint density at radius 3 is 2.46 bits per heavy atom. The van der Waals surface area contributed by atoms with Crippen LogP contribution in [0.2, 0.25) is 0 Å². The molecule has 0 aliphatic carbocycles. The van der Waals surface area contributed by atoms with Gasteiger partial charge in [-0.1, -0.05) is 27.7 Å². The summed E-state index contributed by atoms with van der Waals surface area (Å²) in [6.45, 7) is 13.1. The van der Waals surface area contributed by atoms with Crippen molar-refractivity contribution in [2.75, 3.05) is 26.7 Å². The molecule has 0 bridgehead atoms. The van der Waals surface area contributed by atoms with E-state index < -0.39 is 0 Å². The summed E-state index contributed by atoms with van der Waals surface area (Å²) in [5, 5.41) is 10.2. The topological polar surface area (TPSA) is 52.6 Å². The van der Waals surface area contributed by atoms with Gasteiger partial charge in [-0.15, -0.1) is 35.3 Å². The standard InChI is InChI=1S/C19H35N5S.HI/c1-14(2)10-16(24-8-6-7-9-24)11-21-19(20-5)22-12-18-23-17(13-25-18)15(3)4;/h13-16H,6-12H2,1-5H3,(H2,20,21,22);1H. The van der Waals surface area contributed by atoms with Gasteiger partial charge in [0.2, 0.25) is 0 Å². The molecule has 2 heterocycles. The van der Waals surface area contributed by atoms with E-state index in [9.17, 15) is 0 Å². The zero-order valence-electron chi connectivity index (χ0n) is 16.9. The van der Waals surface area contributed by atoms with Crippen molar-refractivity contribution in [3.63, 3.8) is 0 Å². The van der Waals surface area contributed by atoms with Gasteiger partial charge in [0.25, 0.3) is 0 Å². The van der Waals surface area contributed by atoms with Crippen LogP contribution in [0.4, 0.5) is 0 Å². The molecule has 1 aliphatic rings. The molecule has 1 atom stereocenters. The summed E-state index contributed by atoms with van der Waals surface area (Å²) in [7, 11) is 1.84. The summed E-state index contributed by atoms with van der Waals surface area (Å²) < 4.78 is 0. The Morgan fingerprint density at radius 2 is 1.92 bits per heavy atom. The number of halogens is 1. The largest absolute Gasteiger partial charge is 0.355 e. The number of likely N-dealkylation sites (tertiary alicyclic amines) is 1. The van der Waals surface area contributed by atoms with Crippen molar-refractivity contribution in [3.05, 3.63) is 16.1 Å². The zero-order valence-corrected chi connectivity index (χ0v) is 20.1. The molecule has 1 aliphatic heterocycles. The van der Waals surface area contributed by atoms with Crippen LogP contribution in [0.5, 0.6) is 0 Å². The Hall–Kier alpha value is -0.410. The minimum absolute atomic E-state index is 0. The smallest absolute Gasteiger partial charge is 0.191 e. The first-order valence-electron chi connectivity index (χ1n) is 9.62. The molecule has 0 aromatic carbocycles. The Labute approximate surface area is 180 Å². The third kappa shape index (κ3) is 7.68. The van der Waals surface area contributed by atoms with E-state index in [1.54, 1.807) is 11.3 Å². The molecule has 2 N–H and O–H groups in total. The molecule has 0 radical (unpaired) electrons. The molecule has 0 spiro atoms. The second-order valence-corrected chi connectivity index (χ2v) is 8.60. The van der Waals surface area contributed by atoms with E-state index >= 15 is 0 Å². The Kier molecular flexibility index (Phi) is 11.0. The molecular weight excluding hydrogens is 457 g/mol.